The molecule has 0 saturated carbocycles. The van der Waals surface area contributed by atoms with Crippen molar-refractivity contribution in [1.82, 2.24) is 24.4 Å². The number of aromatic nitrogens is 3. The van der Waals surface area contributed by atoms with Gasteiger partial charge in [-0.1, -0.05) is 13.0 Å². The van der Waals surface area contributed by atoms with Gasteiger partial charge in [-0.25, -0.2) is 0 Å². The van der Waals surface area contributed by atoms with Crippen LogP contribution in [-0.2, 0) is 4.79 Å². The maximum Gasteiger partial charge on any atom is 0.236 e. The molecule has 0 aromatic carbocycles. The van der Waals surface area contributed by atoms with Gasteiger partial charge < -0.3 is 4.90 Å². The maximum absolute atomic E-state index is 12.7. The Hall–Kier alpha value is -1.95. The van der Waals surface area contributed by atoms with Crippen molar-refractivity contribution in [2.75, 3.05) is 26.2 Å². The average Bonchev–Trinajstić information content (AvgIpc) is 3.21. The lowest BCUT2D eigenvalue weighted by molar-refractivity contribution is -0.134. The van der Waals surface area contributed by atoms with E-state index in [1.807, 2.05) is 29.3 Å². The van der Waals surface area contributed by atoms with Gasteiger partial charge in [-0.15, -0.1) is 10.2 Å². The first-order valence-electron chi connectivity index (χ1n) is 9.04. The molecule has 6 heteroatoms. The molecule has 0 N–H and O–H groups in total. The molecule has 0 unspecified atom stereocenters. The Labute approximate surface area is 142 Å². The van der Waals surface area contributed by atoms with Crippen LogP contribution < -0.4 is 0 Å². The monoisotopic (exact) mass is 327 g/mol. The van der Waals surface area contributed by atoms with Crippen molar-refractivity contribution in [2.45, 2.75) is 38.6 Å². The Kier molecular flexibility index (Phi) is 4.22. The zero-order valence-electron chi connectivity index (χ0n) is 14.3. The molecule has 2 fully saturated rings. The van der Waals surface area contributed by atoms with Crippen LogP contribution >= 0.6 is 0 Å². The third kappa shape index (κ3) is 2.90. The highest BCUT2D eigenvalue weighted by Gasteiger charge is 2.32. The van der Waals surface area contributed by atoms with E-state index in [-0.39, 0.29) is 11.9 Å². The van der Waals surface area contributed by atoms with Crippen molar-refractivity contribution in [3.05, 3.63) is 30.2 Å². The molecule has 2 saturated heterocycles. The summed E-state index contributed by atoms with van der Waals surface area (Å²) in [6.45, 7) is 5.52. The molecule has 0 radical (unpaired) electrons. The minimum atomic E-state index is 0.188. The van der Waals surface area contributed by atoms with Crippen LogP contribution in [0, 0.1) is 5.92 Å². The Balaban J connectivity index is 1.50. The summed E-state index contributed by atoms with van der Waals surface area (Å²) in [6, 6.07) is 6.13. The number of carbonyl (C=O) groups excluding carboxylic acids is 1. The van der Waals surface area contributed by atoms with Crippen LogP contribution in [0.2, 0.25) is 0 Å². The molecule has 2 aromatic rings. The fourth-order valence-corrected chi connectivity index (χ4v) is 4.08. The molecular formula is C18H25N5O. The summed E-state index contributed by atoms with van der Waals surface area (Å²) < 4.78 is 2.05. The number of rotatable bonds is 3. The Morgan fingerprint density at radius 3 is 2.96 bits per heavy atom. The smallest absolute Gasteiger partial charge is 0.236 e. The SMILES string of the molecule is C[C@H]1CCCN(C(=O)CN2CCC[C@H]2c2nnc3ccccn23)C1. The second kappa shape index (κ2) is 6.51. The van der Waals surface area contributed by atoms with Crippen LogP contribution in [0.25, 0.3) is 5.65 Å². The molecule has 4 heterocycles. The van der Waals surface area contributed by atoms with E-state index < -0.39 is 0 Å². The predicted octanol–water partition coefficient (Wildman–Crippen LogP) is 2.12. The van der Waals surface area contributed by atoms with Crippen molar-refractivity contribution < 1.29 is 4.79 Å². The lowest BCUT2D eigenvalue weighted by atomic mass is 10.0. The van der Waals surface area contributed by atoms with Crippen molar-refractivity contribution in [3.63, 3.8) is 0 Å². The molecule has 1 amide bonds. The van der Waals surface area contributed by atoms with Gasteiger partial charge in [0.05, 0.1) is 12.6 Å². The largest absolute Gasteiger partial charge is 0.341 e. The molecule has 128 valence electrons. The minimum absolute atomic E-state index is 0.188. The van der Waals surface area contributed by atoms with Gasteiger partial charge in [-0.05, 0) is 50.3 Å². The highest BCUT2D eigenvalue weighted by molar-refractivity contribution is 5.78. The highest BCUT2D eigenvalue weighted by Crippen LogP contribution is 2.31. The van der Waals surface area contributed by atoms with E-state index >= 15 is 0 Å². The number of fused-ring (bicyclic) bond motifs is 1. The molecule has 2 aliphatic heterocycles. The number of likely N-dealkylation sites (tertiary alicyclic amines) is 2. The molecule has 6 nitrogen and oxygen atoms in total. The summed E-state index contributed by atoms with van der Waals surface area (Å²) in [4.78, 5) is 17.0. The van der Waals surface area contributed by atoms with Crippen molar-refractivity contribution in [3.8, 4) is 0 Å². The van der Waals surface area contributed by atoms with Crippen LogP contribution in [0.15, 0.2) is 24.4 Å². The van der Waals surface area contributed by atoms with Gasteiger partial charge in [0.25, 0.3) is 0 Å². The second-order valence-corrected chi connectivity index (χ2v) is 7.20. The number of nitrogens with zero attached hydrogens (tertiary/aromatic N) is 5. The van der Waals surface area contributed by atoms with Gasteiger partial charge in [-0.3, -0.25) is 14.1 Å². The Bertz CT molecular complexity index is 727. The van der Waals surface area contributed by atoms with E-state index in [9.17, 15) is 4.79 Å². The number of hydrogen-bond donors (Lipinski definition) is 0. The highest BCUT2D eigenvalue weighted by atomic mass is 16.2. The van der Waals surface area contributed by atoms with Gasteiger partial charge in [0, 0.05) is 19.3 Å². The third-order valence-electron chi connectivity index (χ3n) is 5.35. The van der Waals surface area contributed by atoms with E-state index in [4.69, 9.17) is 0 Å². The summed E-state index contributed by atoms with van der Waals surface area (Å²) in [5, 5.41) is 8.67. The van der Waals surface area contributed by atoms with E-state index in [0.717, 1.165) is 50.4 Å². The lowest BCUT2D eigenvalue weighted by Crippen LogP contribution is -2.44. The van der Waals surface area contributed by atoms with Gasteiger partial charge in [0.2, 0.25) is 5.91 Å². The minimum Gasteiger partial charge on any atom is -0.341 e. The van der Waals surface area contributed by atoms with E-state index in [0.29, 0.717) is 12.5 Å². The molecule has 2 aromatic heterocycles. The number of hydrogen-bond acceptors (Lipinski definition) is 4. The van der Waals surface area contributed by atoms with Gasteiger partial charge in [0.1, 0.15) is 0 Å². The number of carbonyl (C=O) groups is 1. The Morgan fingerprint density at radius 2 is 2.08 bits per heavy atom. The summed E-state index contributed by atoms with van der Waals surface area (Å²) in [6.07, 6.45) is 6.53. The molecule has 2 aliphatic rings. The number of piperidine rings is 1. The normalized spacial score (nSPS) is 25.5. The van der Waals surface area contributed by atoms with Crippen molar-refractivity contribution >= 4 is 11.6 Å². The van der Waals surface area contributed by atoms with Crippen molar-refractivity contribution in [1.29, 1.82) is 0 Å². The zero-order valence-corrected chi connectivity index (χ0v) is 14.3. The topological polar surface area (TPSA) is 53.7 Å². The summed E-state index contributed by atoms with van der Waals surface area (Å²) in [5.41, 5.74) is 0.871. The molecule has 4 rings (SSSR count). The third-order valence-corrected chi connectivity index (χ3v) is 5.35. The van der Waals surface area contributed by atoms with Crippen LogP contribution in [0.3, 0.4) is 0 Å². The molecular weight excluding hydrogens is 302 g/mol. The van der Waals surface area contributed by atoms with Crippen LogP contribution in [0.4, 0.5) is 0 Å². The molecule has 24 heavy (non-hydrogen) atoms. The average molecular weight is 327 g/mol. The first-order valence-corrected chi connectivity index (χ1v) is 9.04. The predicted molar refractivity (Wildman–Crippen MR) is 91.5 cm³/mol. The second-order valence-electron chi connectivity index (χ2n) is 7.20. The van der Waals surface area contributed by atoms with Crippen LogP contribution in [-0.4, -0.2) is 56.5 Å². The molecule has 2 atom stereocenters. The molecule has 0 bridgehead atoms. The number of amides is 1. The van der Waals surface area contributed by atoms with E-state index in [1.54, 1.807) is 0 Å². The molecule has 0 aliphatic carbocycles. The fraction of sp³-hybridized carbons (Fsp3) is 0.611. The summed E-state index contributed by atoms with van der Waals surface area (Å²) in [5.74, 6) is 1.85. The van der Waals surface area contributed by atoms with Crippen LogP contribution in [0.5, 0.6) is 0 Å². The molecule has 0 spiro atoms. The van der Waals surface area contributed by atoms with Crippen LogP contribution in [0.1, 0.15) is 44.5 Å². The standard InChI is InChI=1S/C18H25N5O/c1-14-6-4-10-22(12-14)17(24)13-21-9-5-7-15(21)18-20-19-16-8-2-3-11-23(16)18/h2-3,8,11,14-15H,4-7,9-10,12-13H2,1H3/t14-,15-/m0/s1. The zero-order chi connectivity index (χ0) is 16.5. The van der Waals surface area contributed by atoms with Crippen molar-refractivity contribution in [2.24, 2.45) is 5.92 Å². The van der Waals surface area contributed by atoms with Gasteiger partial charge in [0.15, 0.2) is 11.5 Å². The number of pyridine rings is 1. The quantitative estimate of drug-likeness (QED) is 0.866. The van der Waals surface area contributed by atoms with E-state index in [2.05, 4.69) is 26.4 Å². The first-order chi connectivity index (χ1) is 11.7. The first kappa shape index (κ1) is 15.6. The summed E-state index contributed by atoms with van der Waals surface area (Å²) >= 11 is 0. The van der Waals surface area contributed by atoms with Gasteiger partial charge >= 0.3 is 0 Å². The van der Waals surface area contributed by atoms with Gasteiger partial charge in [-0.2, -0.15) is 0 Å². The summed E-state index contributed by atoms with van der Waals surface area (Å²) in [7, 11) is 0. The lowest BCUT2D eigenvalue weighted by Gasteiger charge is -2.33. The van der Waals surface area contributed by atoms with E-state index in [1.165, 1.54) is 6.42 Å². The maximum atomic E-state index is 12.7. The fourth-order valence-electron chi connectivity index (χ4n) is 4.08. The Morgan fingerprint density at radius 1 is 1.21 bits per heavy atom.